The number of likely N-dealkylation sites (N-methyl/N-ethyl adjacent to an activating group) is 1. The van der Waals surface area contributed by atoms with Crippen LogP contribution in [0.25, 0.3) is 0 Å². The molecule has 1 heterocycles. The van der Waals surface area contributed by atoms with Gasteiger partial charge in [0.15, 0.2) is 9.84 Å². The molecule has 6 nitrogen and oxygen atoms in total. The number of carbonyl (C=O) groups is 2. The number of hydrogen-bond acceptors (Lipinski definition) is 5. The summed E-state index contributed by atoms with van der Waals surface area (Å²) in [4.78, 5) is 25.9. The number of benzene rings is 1. The first kappa shape index (κ1) is 21.1. The molecule has 1 N–H and O–H groups in total. The third kappa shape index (κ3) is 6.81. The van der Waals surface area contributed by atoms with E-state index in [4.69, 9.17) is 11.6 Å². The van der Waals surface area contributed by atoms with E-state index in [9.17, 15) is 18.0 Å². The monoisotopic (exact) mass is 418 g/mol. The Labute approximate surface area is 163 Å². The molecule has 0 radical (unpaired) electrons. The highest BCUT2D eigenvalue weighted by atomic mass is 35.5. The minimum atomic E-state index is -3.04. The molecule has 1 aliphatic heterocycles. The van der Waals surface area contributed by atoms with Gasteiger partial charge in [0.25, 0.3) is 0 Å². The standard InChI is InChI=1S/C17H23ClN2O4S2/c1-2-20(9-16(21)19-15-7-8-26(23,24)12-15)17(22)11-25-10-13-3-5-14(18)6-4-13/h3-6,15H,2,7-12H2,1H3,(H,19,21)/t15-/m1/s1. The third-order valence-electron chi connectivity index (χ3n) is 4.07. The van der Waals surface area contributed by atoms with Crippen molar-refractivity contribution in [1.29, 1.82) is 0 Å². The summed E-state index contributed by atoms with van der Waals surface area (Å²) < 4.78 is 22.9. The number of rotatable bonds is 8. The molecule has 1 aliphatic rings. The van der Waals surface area contributed by atoms with Gasteiger partial charge in [-0.05, 0) is 31.0 Å². The van der Waals surface area contributed by atoms with Crippen LogP contribution in [0.1, 0.15) is 18.9 Å². The summed E-state index contributed by atoms with van der Waals surface area (Å²) in [5.74, 6) is 0.630. The lowest BCUT2D eigenvalue weighted by Gasteiger charge is -2.21. The number of carbonyl (C=O) groups excluding carboxylic acids is 2. The zero-order valence-electron chi connectivity index (χ0n) is 14.6. The molecular formula is C17H23ClN2O4S2. The van der Waals surface area contributed by atoms with Crippen LogP contribution in [0, 0.1) is 0 Å². The zero-order valence-corrected chi connectivity index (χ0v) is 17.0. The lowest BCUT2D eigenvalue weighted by Crippen LogP contribution is -2.45. The summed E-state index contributed by atoms with van der Waals surface area (Å²) >= 11 is 7.32. The van der Waals surface area contributed by atoms with E-state index in [1.165, 1.54) is 16.7 Å². The molecule has 0 unspecified atom stereocenters. The maximum absolute atomic E-state index is 12.3. The minimum absolute atomic E-state index is 0.0181. The number of nitrogens with zero attached hydrogens (tertiary/aromatic N) is 1. The van der Waals surface area contributed by atoms with E-state index in [1.807, 2.05) is 31.2 Å². The van der Waals surface area contributed by atoms with Gasteiger partial charge in [0.1, 0.15) is 0 Å². The number of sulfone groups is 1. The second-order valence-electron chi connectivity index (χ2n) is 6.19. The first-order chi connectivity index (χ1) is 12.3. The Hall–Kier alpha value is -1.25. The van der Waals surface area contributed by atoms with Crippen molar-refractivity contribution in [2.75, 3.05) is 30.3 Å². The maximum atomic E-state index is 12.3. The van der Waals surface area contributed by atoms with Crippen LogP contribution >= 0.6 is 23.4 Å². The van der Waals surface area contributed by atoms with Gasteiger partial charge in [0.05, 0.1) is 23.8 Å². The molecule has 1 fully saturated rings. The summed E-state index contributed by atoms with van der Waals surface area (Å²) in [6, 6.07) is 7.11. The molecule has 0 bridgehead atoms. The highest BCUT2D eigenvalue weighted by Crippen LogP contribution is 2.16. The van der Waals surface area contributed by atoms with Crippen molar-refractivity contribution in [3.05, 3.63) is 34.9 Å². The summed E-state index contributed by atoms with van der Waals surface area (Å²) in [6.45, 7) is 2.19. The van der Waals surface area contributed by atoms with Gasteiger partial charge in [-0.15, -0.1) is 11.8 Å². The number of halogens is 1. The fourth-order valence-electron chi connectivity index (χ4n) is 2.66. The van der Waals surface area contributed by atoms with Gasteiger partial charge in [-0.25, -0.2) is 8.42 Å². The Morgan fingerprint density at radius 2 is 2.00 bits per heavy atom. The van der Waals surface area contributed by atoms with Crippen LogP contribution < -0.4 is 5.32 Å². The average Bonchev–Trinajstić information content (AvgIpc) is 2.92. The molecule has 26 heavy (non-hydrogen) atoms. The van der Waals surface area contributed by atoms with E-state index in [-0.39, 0.29) is 41.7 Å². The van der Waals surface area contributed by atoms with Crippen molar-refractivity contribution in [2.45, 2.75) is 25.1 Å². The summed E-state index contributed by atoms with van der Waals surface area (Å²) in [5, 5.41) is 3.38. The van der Waals surface area contributed by atoms with E-state index in [0.29, 0.717) is 23.7 Å². The third-order valence-corrected chi connectivity index (χ3v) is 7.08. The first-order valence-electron chi connectivity index (χ1n) is 8.39. The summed E-state index contributed by atoms with van der Waals surface area (Å²) in [5.41, 5.74) is 1.08. The van der Waals surface area contributed by atoms with E-state index in [2.05, 4.69) is 5.32 Å². The van der Waals surface area contributed by atoms with Gasteiger partial charge in [0, 0.05) is 23.4 Å². The Bertz CT molecular complexity index is 738. The molecule has 1 saturated heterocycles. The normalized spacial score (nSPS) is 18.5. The van der Waals surface area contributed by atoms with Gasteiger partial charge >= 0.3 is 0 Å². The number of nitrogens with one attached hydrogen (secondary N) is 1. The Morgan fingerprint density at radius 3 is 2.58 bits per heavy atom. The predicted octanol–water partition coefficient (Wildman–Crippen LogP) is 1.72. The zero-order chi connectivity index (χ0) is 19.2. The van der Waals surface area contributed by atoms with Crippen LogP contribution in [-0.2, 0) is 25.2 Å². The largest absolute Gasteiger partial charge is 0.351 e. The highest BCUT2D eigenvalue weighted by Gasteiger charge is 2.29. The van der Waals surface area contributed by atoms with Crippen molar-refractivity contribution in [1.82, 2.24) is 10.2 Å². The molecule has 1 aromatic rings. The molecule has 2 rings (SSSR count). The van der Waals surface area contributed by atoms with Crippen LogP contribution in [0.2, 0.25) is 5.02 Å². The smallest absolute Gasteiger partial charge is 0.239 e. The van der Waals surface area contributed by atoms with E-state index < -0.39 is 9.84 Å². The fraction of sp³-hybridized carbons (Fsp3) is 0.529. The second kappa shape index (κ2) is 9.62. The van der Waals surface area contributed by atoms with E-state index in [0.717, 1.165) is 5.56 Å². The van der Waals surface area contributed by atoms with Gasteiger partial charge in [-0.2, -0.15) is 0 Å². The quantitative estimate of drug-likeness (QED) is 0.695. The van der Waals surface area contributed by atoms with Crippen molar-refractivity contribution in [3.8, 4) is 0 Å². The Balaban J connectivity index is 1.75. The SMILES string of the molecule is CCN(CC(=O)N[C@@H]1CCS(=O)(=O)C1)C(=O)CSCc1ccc(Cl)cc1. The predicted molar refractivity (Wildman–Crippen MR) is 105 cm³/mol. The van der Waals surface area contributed by atoms with Gasteiger partial charge in [-0.3, -0.25) is 9.59 Å². The number of amides is 2. The van der Waals surface area contributed by atoms with Crippen molar-refractivity contribution in [2.24, 2.45) is 0 Å². The molecule has 9 heteroatoms. The van der Waals surface area contributed by atoms with Gasteiger partial charge in [-0.1, -0.05) is 23.7 Å². The maximum Gasteiger partial charge on any atom is 0.239 e. The molecule has 1 atom stereocenters. The second-order valence-corrected chi connectivity index (χ2v) is 9.85. The lowest BCUT2D eigenvalue weighted by atomic mass is 10.2. The fourth-order valence-corrected chi connectivity index (χ4v) is 5.35. The van der Waals surface area contributed by atoms with Crippen LogP contribution in [-0.4, -0.2) is 61.5 Å². The molecular weight excluding hydrogens is 396 g/mol. The minimum Gasteiger partial charge on any atom is -0.351 e. The molecule has 0 saturated carbocycles. The topological polar surface area (TPSA) is 83.6 Å². The molecule has 0 spiro atoms. The first-order valence-corrected chi connectivity index (χ1v) is 11.7. The van der Waals surface area contributed by atoms with Gasteiger partial charge < -0.3 is 10.2 Å². The van der Waals surface area contributed by atoms with Crippen molar-refractivity contribution < 1.29 is 18.0 Å². The molecule has 0 aromatic heterocycles. The van der Waals surface area contributed by atoms with E-state index in [1.54, 1.807) is 0 Å². The number of hydrogen-bond donors (Lipinski definition) is 1. The molecule has 144 valence electrons. The molecule has 2 amide bonds. The molecule has 0 aliphatic carbocycles. The Kier molecular flexibility index (Phi) is 7.79. The summed E-state index contributed by atoms with van der Waals surface area (Å²) in [6.07, 6.45) is 0.436. The van der Waals surface area contributed by atoms with Gasteiger partial charge in [0.2, 0.25) is 11.8 Å². The van der Waals surface area contributed by atoms with Crippen molar-refractivity contribution >= 4 is 45.0 Å². The van der Waals surface area contributed by atoms with Crippen LogP contribution in [0.4, 0.5) is 0 Å². The average molecular weight is 419 g/mol. The van der Waals surface area contributed by atoms with E-state index >= 15 is 0 Å². The lowest BCUT2D eigenvalue weighted by molar-refractivity contribution is -0.134. The summed E-state index contributed by atoms with van der Waals surface area (Å²) in [7, 11) is -3.04. The van der Waals surface area contributed by atoms with Crippen LogP contribution in [0.5, 0.6) is 0 Å². The molecule has 1 aromatic carbocycles. The number of thioether (sulfide) groups is 1. The highest BCUT2D eigenvalue weighted by molar-refractivity contribution is 7.99. The van der Waals surface area contributed by atoms with Crippen LogP contribution in [0.15, 0.2) is 24.3 Å². The van der Waals surface area contributed by atoms with Crippen LogP contribution in [0.3, 0.4) is 0 Å². The van der Waals surface area contributed by atoms with Crippen molar-refractivity contribution in [3.63, 3.8) is 0 Å². The Morgan fingerprint density at radius 1 is 1.31 bits per heavy atom.